The molecular formula is C32H41FN4O4S. The lowest BCUT2D eigenvalue weighted by molar-refractivity contribution is -0.140. The lowest BCUT2D eigenvalue weighted by Crippen LogP contribution is -2.54. The predicted octanol–water partition coefficient (Wildman–Crippen LogP) is 4.47. The first-order valence-corrected chi connectivity index (χ1v) is 15.3. The third-order valence-corrected chi connectivity index (χ3v) is 8.68. The van der Waals surface area contributed by atoms with E-state index in [-0.39, 0.29) is 24.8 Å². The van der Waals surface area contributed by atoms with Gasteiger partial charge in [-0.2, -0.15) is 12.7 Å². The number of nitrogens with one attached hydrogen (secondary N) is 1. The van der Waals surface area contributed by atoms with Crippen LogP contribution in [0.3, 0.4) is 0 Å². The van der Waals surface area contributed by atoms with Crippen LogP contribution in [-0.2, 0) is 32.8 Å². The van der Waals surface area contributed by atoms with Crippen LogP contribution in [-0.4, -0.2) is 62.7 Å². The van der Waals surface area contributed by atoms with E-state index in [4.69, 9.17) is 0 Å². The summed E-state index contributed by atoms with van der Waals surface area (Å²) in [6.07, 6.45) is 0.210. The van der Waals surface area contributed by atoms with Gasteiger partial charge in [-0.25, -0.2) is 8.70 Å². The van der Waals surface area contributed by atoms with Crippen LogP contribution in [0.5, 0.6) is 0 Å². The fraction of sp³-hybridized carbons (Fsp3) is 0.375. The zero-order valence-corrected chi connectivity index (χ0v) is 26.0. The molecular weight excluding hydrogens is 555 g/mol. The molecule has 3 rings (SSSR count). The van der Waals surface area contributed by atoms with Gasteiger partial charge >= 0.3 is 10.2 Å². The van der Waals surface area contributed by atoms with Crippen LogP contribution in [0.4, 0.5) is 10.1 Å². The van der Waals surface area contributed by atoms with Gasteiger partial charge in [-0.05, 0) is 60.2 Å². The van der Waals surface area contributed by atoms with Gasteiger partial charge in [-0.3, -0.25) is 9.59 Å². The number of halogens is 1. The summed E-state index contributed by atoms with van der Waals surface area (Å²) in [7, 11) is -1.28. The van der Waals surface area contributed by atoms with Gasteiger partial charge in [0.1, 0.15) is 18.4 Å². The fourth-order valence-electron chi connectivity index (χ4n) is 4.45. The Labute approximate surface area is 249 Å². The van der Waals surface area contributed by atoms with Crippen molar-refractivity contribution in [3.8, 4) is 0 Å². The molecule has 1 N–H and O–H groups in total. The van der Waals surface area contributed by atoms with Crippen molar-refractivity contribution in [3.05, 3.63) is 101 Å². The molecule has 10 heteroatoms. The van der Waals surface area contributed by atoms with E-state index >= 15 is 0 Å². The third-order valence-electron chi connectivity index (χ3n) is 6.87. The molecule has 0 saturated heterocycles. The number of hydrogen-bond acceptors (Lipinski definition) is 4. The van der Waals surface area contributed by atoms with Gasteiger partial charge in [0.2, 0.25) is 11.8 Å². The van der Waals surface area contributed by atoms with Gasteiger partial charge in [0.05, 0.1) is 5.69 Å². The zero-order chi connectivity index (χ0) is 31.0. The number of nitrogens with zero attached hydrogens (tertiary/aromatic N) is 3. The van der Waals surface area contributed by atoms with Crippen molar-refractivity contribution in [3.63, 3.8) is 0 Å². The van der Waals surface area contributed by atoms with E-state index in [9.17, 15) is 22.4 Å². The largest absolute Gasteiger partial charge is 0.354 e. The van der Waals surface area contributed by atoms with Crippen molar-refractivity contribution in [2.24, 2.45) is 5.92 Å². The molecule has 42 heavy (non-hydrogen) atoms. The van der Waals surface area contributed by atoms with Crippen molar-refractivity contribution in [2.45, 2.75) is 46.7 Å². The highest BCUT2D eigenvalue weighted by molar-refractivity contribution is 7.90. The monoisotopic (exact) mass is 596 g/mol. The average molecular weight is 597 g/mol. The number of amides is 2. The number of rotatable bonds is 13. The highest BCUT2D eigenvalue weighted by Crippen LogP contribution is 2.26. The van der Waals surface area contributed by atoms with Gasteiger partial charge in [-0.1, -0.05) is 68.4 Å². The van der Waals surface area contributed by atoms with Crippen molar-refractivity contribution >= 4 is 27.7 Å². The number of hydrogen-bond donors (Lipinski definition) is 1. The molecule has 0 radical (unpaired) electrons. The Kier molecular flexibility index (Phi) is 11.2. The van der Waals surface area contributed by atoms with Gasteiger partial charge in [-0.15, -0.1) is 0 Å². The lowest BCUT2D eigenvalue weighted by Gasteiger charge is -2.35. The SMILES string of the molecule is Cc1ccc(C)c(N(CC(=O)N(Cc2ccc(F)cc2)C(Cc2ccccc2)C(=O)NCC(C)C)S(=O)(=O)N(C)C)c1. The number of benzene rings is 3. The highest BCUT2D eigenvalue weighted by atomic mass is 32.2. The molecule has 0 fully saturated rings. The molecule has 226 valence electrons. The molecule has 0 aromatic heterocycles. The van der Waals surface area contributed by atoms with Gasteiger partial charge in [0.15, 0.2) is 0 Å². The van der Waals surface area contributed by atoms with Gasteiger partial charge in [0.25, 0.3) is 0 Å². The maximum absolute atomic E-state index is 14.3. The van der Waals surface area contributed by atoms with E-state index in [1.165, 1.54) is 31.1 Å². The minimum Gasteiger partial charge on any atom is -0.354 e. The Hall–Kier alpha value is -3.76. The Morgan fingerprint density at radius 2 is 1.55 bits per heavy atom. The summed E-state index contributed by atoms with van der Waals surface area (Å²) in [5, 5.41) is 2.95. The normalized spacial score (nSPS) is 12.3. The lowest BCUT2D eigenvalue weighted by atomic mass is 10.0. The summed E-state index contributed by atoms with van der Waals surface area (Å²) >= 11 is 0. The molecule has 0 heterocycles. The third kappa shape index (κ3) is 8.62. The molecule has 0 saturated carbocycles. The highest BCUT2D eigenvalue weighted by Gasteiger charge is 2.35. The second-order valence-electron chi connectivity index (χ2n) is 11.1. The number of aryl methyl sites for hydroxylation is 2. The molecule has 0 bridgehead atoms. The maximum Gasteiger partial charge on any atom is 0.304 e. The van der Waals surface area contributed by atoms with Crippen LogP contribution in [0, 0.1) is 25.6 Å². The Bertz CT molecular complexity index is 1460. The van der Waals surface area contributed by atoms with E-state index in [0.29, 0.717) is 23.4 Å². The molecule has 3 aromatic rings. The van der Waals surface area contributed by atoms with E-state index in [1.807, 2.05) is 57.2 Å². The van der Waals surface area contributed by atoms with Crippen LogP contribution in [0.2, 0.25) is 0 Å². The Balaban J connectivity index is 2.11. The van der Waals surface area contributed by atoms with Crippen LogP contribution >= 0.6 is 0 Å². The summed E-state index contributed by atoms with van der Waals surface area (Å²) in [4.78, 5) is 29.4. The molecule has 0 spiro atoms. The smallest absolute Gasteiger partial charge is 0.304 e. The van der Waals surface area contributed by atoms with E-state index in [2.05, 4.69) is 5.32 Å². The second-order valence-corrected chi connectivity index (χ2v) is 13.1. The van der Waals surface area contributed by atoms with E-state index < -0.39 is 34.5 Å². The second kappa shape index (κ2) is 14.4. The summed E-state index contributed by atoms with van der Waals surface area (Å²) < 4.78 is 43.1. The molecule has 3 aromatic carbocycles. The first-order valence-electron chi connectivity index (χ1n) is 13.9. The summed E-state index contributed by atoms with van der Waals surface area (Å²) in [6.45, 7) is 7.44. The van der Waals surface area contributed by atoms with Crippen LogP contribution in [0.1, 0.15) is 36.1 Å². The van der Waals surface area contributed by atoms with Gasteiger partial charge < -0.3 is 10.2 Å². The Morgan fingerprint density at radius 3 is 2.14 bits per heavy atom. The first-order chi connectivity index (χ1) is 19.8. The standard InChI is InChI=1S/C32H41FN4O4S/c1-23(2)20-34-32(39)30(19-26-10-8-7-9-11-26)36(21-27-14-16-28(33)17-15-27)31(38)22-37(42(40,41)35(5)6)29-18-24(3)12-13-25(29)4/h7-18,23,30H,19-22H2,1-6H3,(H,34,39). The number of carbonyl (C=O) groups excluding carboxylic acids is 2. The van der Waals surface area contributed by atoms with Crippen LogP contribution in [0.25, 0.3) is 0 Å². The van der Waals surface area contributed by atoms with Gasteiger partial charge in [0, 0.05) is 33.6 Å². The maximum atomic E-state index is 14.3. The predicted molar refractivity (Wildman–Crippen MR) is 165 cm³/mol. The van der Waals surface area contributed by atoms with Crippen molar-refractivity contribution in [2.75, 3.05) is 31.5 Å². The zero-order valence-electron chi connectivity index (χ0n) is 25.2. The average Bonchev–Trinajstić information content (AvgIpc) is 2.95. The minimum atomic E-state index is -4.10. The quantitative estimate of drug-likeness (QED) is 0.315. The molecule has 0 aliphatic carbocycles. The van der Waals surface area contributed by atoms with E-state index in [0.717, 1.165) is 19.7 Å². The van der Waals surface area contributed by atoms with E-state index in [1.54, 1.807) is 31.2 Å². The Morgan fingerprint density at radius 1 is 0.905 bits per heavy atom. The number of anilines is 1. The van der Waals surface area contributed by atoms with Crippen LogP contribution < -0.4 is 9.62 Å². The molecule has 1 atom stereocenters. The fourth-order valence-corrected chi connectivity index (χ4v) is 5.57. The molecule has 1 unspecified atom stereocenters. The van der Waals surface area contributed by atoms with Crippen molar-refractivity contribution < 1.29 is 22.4 Å². The molecule has 2 amide bonds. The molecule has 0 aliphatic heterocycles. The first kappa shape index (κ1) is 32.8. The van der Waals surface area contributed by atoms with Crippen LogP contribution in [0.15, 0.2) is 72.8 Å². The molecule has 0 aliphatic rings. The summed E-state index contributed by atoms with van der Waals surface area (Å²) in [5.41, 5.74) is 3.34. The molecule has 8 nitrogen and oxygen atoms in total. The minimum absolute atomic E-state index is 0.0195. The summed E-state index contributed by atoms with van der Waals surface area (Å²) in [5.74, 6) is -1.16. The summed E-state index contributed by atoms with van der Waals surface area (Å²) in [6, 6.07) is 19.5. The van der Waals surface area contributed by atoms with Crippen molar-refractivity contribution in [1.82, 2.24) is 14.5 Å². The number of carbonyl (C=O) groups is 2. The topological polar surface area (TPSA) is 90.0 Å². The van der Waals surface area contributed by atoms with Crippen molar-refractivity contribution in [1.29, 1.82) is 0 Å².